The van der Waals surface area contributed by atoms with Crippen molar-refractivity contribution in [3.63, 3.8) is 0 Å². The van der Waals surface area contributed by atoms with E-state index in [4.69, 9.17) is 10.5 Å². The average molecular weight is 238 g/mol. The molecule has 0 radical (unpaired) electrons. The van der Waals surface area contributed by atoms with E-state index in [1.807, 2.05) is 13.8 Å². The van der Waals surface area contributed by atoms with Gasteiger partial charge >= 0.3 is 0 Å². The molecule has 5 heteroatoms. The van der Waals surface area contributed by atoms with Crippen molar-refractivity contribution < 1.29 is 9.66 Å². The maximum Gasteiger partial charge on any atom is 0.276 e. The fraction of sp³-hybridized carbons (Fsp3) is 0.500. The SMILES string of the molecule is Cc1c(OCCC(C)(C)N)cccc1[N+](=O)[O-]. The first kappa shape index (κ1) is 13.4. The van der Waals surface area contributed by atoms with Crippen molar-refractivity contribution in [2.24, 2.45) is 5.73 Å². The van der Waals surface area contributed by atoms with Crippen LogP contribution in [0.2, 0.25) is 0 Å². The molecule has 0 aliphatic rings. The summed E-state index contributed by atoms with van der Waals surface area (Å²) in [5.41, 5.74) is 6.16. The second-order valence-corrected chi connectivity index (χ2v) is 4.74. The third-order valence-electron chi connectivity index (χ3n) is 2.46. The summed E-state index contributed by atoms with van der Waals surface area (Å²) < 4.78 is 5.52. The Balaban J connectivity index is 2.72. The zero-order chi connectivity index (χ0) is 13.1. The summed E-state index contributed by atoms with van der Waals surface area (Å²) in [7, 11) is 0. The van der Waals surface area contributed by atoms with Gasteiger partial charge < -0.3 is 10.5 Å². The van der Waals surface area contributed by atoms with Crippen LogP contribution in [0.5, 0.6) is 5.75 Å². The van der Waals surface area contributed by atoms with Gasteiger partial charge in [0.05, 0.1) is 17.1 Å². The largest absolute Gasteiger partial charge is 0.493 e. The van der Waals surface area contributed by atoms with Crippen molar-refractivity contribution >= 4 is 5.69 Å². The summed E-state index contributed by atoms with van der Waals surface area (Å²) in [6.45, 7) is 5.96. The van der Waals surface area contributed by atoms with Crippen LogP contribution in [-0.4, -0.2) is 17.1 Å². The van der Waals surface area contributed by atoms with Crippen LogP contribution in [-0.2, 0) is 0 Å². The Morgan fingerprint density at radius 2 is 2.12 bits per heavy atom. The molecule has 17 heavy (non-hydrogen) atoms. The van der Waals surface area contributed by atoms with Gasteiger partial charge in [-0.3, -0.25) is 10.1 Å². The lowest BCUT2D eigenvalue weighted by Crippen LogP contribution is -2.33. The van der Waals surface area contributed by atoms with Crippen molar-refractivity contribution in [1.29, 1.82) is 0 Å². The van der Waals surface area contributed by atoms with Crippen molar-refractivity contribution in [2.45, 2.75) is 32.7 Å². The smallest absolute Gasteiger partial charge is 0.276 e. The Labute approximate surface area is 101 Å². The Kier molecular flexibility index (Phi) is 4.07. The summed E-state index contributed by atoms with van der Waals surface area (Å²) in [5.74, 6) is 0.545. The lowest BCUT2D eigenvalue weighted by atomic mass is 10.0. The third kappa shape index (κ3) is 4.03. The maximum atomic E-state index is 10.7. The van der Waals surface area contributed by atoms with E-state index >= 15 is 0 Å². The van der Waals surface area contributed by atoms with Crippen molar-refractivity contribution in [3.05, 3.63) is 33.9 Å². The molecule has 0 saturated carbocycles. The number of benzene rings is 1. The maximum absolute atomic E-state index is 10.7. The molecular formula is C12H18N2O3. The lowest BCUT2D eigenvalue weighted by Gasteiger charge is -2.18. The summed E-state index contributed by atoms with van der Waals surface area (Å²) in [5, 5.41) is 10.7. The van der Waals surface area contributed by atoms with E-state index in [9.17, 15) is 10.1 Å². The first-order chi connectivity index (χ1) is 7.81. The molecule has 0 fully saturated rings. The molecule has 2 N–H and O–H groups in total. The van der Waals surface area contributed by atoms with Crippen molar-refractivity contribution in [2.75, 3.05) is 6.61 Å². The molecule has 1 aromatic rings. The monoisotopic (exact) mass is 238 g/mol. The van der Waals surface area contributed by atoms with Gasteiger partial charge in [-0.25, -0.2) is 0 Å². The number of hydrogen-bond acceptors (Lipinski definition) is 4. The molecule has 0 aliphatic heterocycles. The molecule has 0 saturated heterocycles. The Hall–Kier alpha value is -1.62. The van der Waals surface area contributed by atoms with Crippen LogP contribution in [0.3, 0.4) is 0 Å². The second-order valence-electron chi connectivity index (χ2n) is 4.74. The standard InChI is InChI=1S/C12H18N2O3/c1-9-10(14(15)16)5-4-6-11(9)17-8-7-12(2,3)13/h4-6H,7-8,13H2,1-3H3. The van der Waals surface area contributed by atoms with E-state index in [-0.39, 0.29) is 11.2 Å². The van der Waals surface area contributed by atoms with Crippen LogP contribution in [0, 0.1) is 17.0 Å². The first-order valence-corrected chi connectivity index (χ1v) is 5.47. The highest BCUT2D eigenvalue weighted by molar-refractivity contribution is 5.48. The van der Waals surface area contributed by atoms with Gasteiger partial charge in [0.15, 0.2) is 0 Å². The van der Waals surface area contributed by atoms with Gasteiger partial charge in [0, 0.05) is 11.6 Å². The van der Waals surface area contributed by atoms with E-state index in [0.717, 1.165) is 0 Å². The minimum atomic E-state index is -0.408. The van der Waals surface area contributed by atoms with E-state index in [1.54, 1.807) is 19.1 Å². The summed E-state index contributed by atoms with van der Waals surface area (Å²) in [4.78, 5) is 10.3. The van der Waals surface area contributed by atoms with Gasteiger partial charge in [-0.1, -0.05) is 6.07 Å². The average Bonchev–Trinajstić information content (AvgIpc) is 2.18. The van der Waals surface area contributed by atoms with E-state index in [1.165, 1.54) is 6.07 Å². The molecule has 0 amide bonds. The minimum Gasteiger partial charge on any atom is -0.493 e. The molecule has 0 heterocycles. The number of rotatable bonds is 5. The second kappa shape index (κ2) is 5.14. The highest BCUT2D eigenvalue weighted by Crippen LogP contribution is 2.27. The molecule has 94 valence electrons. The number of hydrogen-bond donors (Lipinski definition) is 1. The van der Waals surface area contributed by atoms with Gasteiger partial charge in [-0.05, 0) is 33.3 Å². The number of nitro groups is 1. The van der Waals surface area contributed by atoms with Gasteiger partial charge in [-0.15, -0.1) is 0 Å². The zero-order valence-corrected chi connectivity index (χ0v) is 10.4. The highest BCUT2D eigenvalue weighted by Gasteiger charge is 2.15. The normalized spacial score (nSPS) is 11.3. The molecule has 0 aromatic heterocycles. The molecule has 0 bridgehead atoms. The molecule has 0 unspecified atom stereocenters. The summed E-state index contributed by atoms with van der Waals surface area (Å²) in [6.07, 6.45) is 0.690. The number of ether oxygens (including phenoxy) is 1. The van der Waals surface area contributed by atoms with Crippen LogP contribution in [0.4, 0.5) is 5.69 Å². The van der Waals surface area contributed by atoms with Gasteiger partial charge in [0.1, 0.15) is 5.75 Å². The van der Waals surface area contributed by atoms with Crippen LogP contribution in [0.25, 0.3) is 0 Å². The van der Waals surface area contributed by atoms with Crippen LogP contribution < -0.4 is 10.5 Å². The molecule has 0 spiro atoms. The van der Waals surface area contributed by atoms with E-state index in [0.29, 0.717) is 24.3 Å². The Morgan fingerprint density at radius 1 is 1.47 bits per heavy atom. The Bertz CT molecular complexity index is 411. The number of nitrogens with zero attached hydrogens (tertiary/aromatic N) is 1. The molecule has 0 aliphatic carbocycles. The minimum absolute atomic E-state index is 0.0782. The van der Waals surface area contributed by atoms with Crippen LogP contribution >= 0.6 is 0 Å². The number of nitro benzene ring substituents is 1. The fourth-order valence-electron chi connectivity index (χ4n) is 1.38. The lowest BCUT2D eigenvalue weighted by molar-refractivity contribution is -0.385. The van der Waals surface area contributed by atoms with Crippen LogP contribution in [0.15, 0.2) is 18.2 Å². The summed E-state index contributed by atoms with van der Waals surface area (Å²) in [6, 6.07) is 4.81. The highest BCUT2D eigenvalue weighted by atomic mass is 16.6. The molecule has 0 atom stereocenters. The predicted octanol–water partition coefficient (Wildman–Crippen LogP) is 2.41. The quantitative estimate of drug-likeness (QED) is 0.631. The molecular weight excluding hydrogens is 220 g/mol. The topological polar surface area (TPSA) is 78.4 Å². The van der Waals surface area contributed by atoms with Gasteiger partial charge in [0.25, 0.3) is 5.69 Å². The zero-order valence-electron chi connectivity index (χ0n) is 10.4. The first-order valence-electron chi connectivity index (χ1n) is 5.47. The van der Waals surface area contributed by atoms with Gasteiger partial charge in [0.2, 0.25) is 0 Å². The third-order valence-corrected chi connectivity index (χ3v) is 2.46. The molecule has 1 aromatic carbocycles. The fourth-order valence-corrected chi connectivity index (χ4v) is 1.38. The van der Waals surface area contributed by atoms with Crippen LogP contribution in [0.1, 0.15) is 25.8 Å². The van der Waals surface area contributed by atoms with E-state index in [2.05, 4.69) is 0 Å². The van der Waals surface area contributed by atoms with Crippen molar-refractivity contribution in [3.8, 4) is 5.75 Å². The van der Waals surface area contributed by atoms with E-state index < -0.39 is 4.92 Å². The number of nitrogens with two attached hydrogens (primary N) is 1. The predicted molar refractivity (Wildman–Crippen MR) is 66.2 cm³/mol. The Morgan fingerprint density at radius 3 is 2.65 bits per heavy atom. The van der Waals surface area contributed by atoms with Crippen molar-refractivity contribution in [1.82, 2.24) is 0 Å². The van der Waals surface area contributed by atoms with Gasteiger partial charge in [-0.2, -0.15) is 0 Å². The molecule has 5 nitrogen and oxygen atoms in total. The molecule has 1 rings (SSSR count). The summed E-state index contributed by atoms with van der Waals surface area (Å²) >= 11 is 0.